The van der Waals surface area contributed by atoms with E-state index in [9.17, 15) is 18.3 Å². The summed E-state index contributed by atoms with van der Waals surface area (Å²) >= 11 is 6.56. The molecule has 36 heavy (non-hydrogen) atoms. The summed E-state index contributed by atoms with van der Waals surface area (Å²) in [7, 11) is -3.66. The molecule has 0 spiro atoms. The number of rotatable bonds is 9. The first-order valence-electron chi connectivity index (χ1n) is 11.5. The minimum atomic E-state index is -3.66. The van der Waals surface area contributed by atoms with Gasteiger partial charge >= 0.3 is 0 Å². The Balaban J connectivity index is 1.72. The van der Waals surface area contributed by atoms with Crippen molar-refractivity contribution in [3.63, 3.8) is 0 Å². The molecule has 3 aromatic carbocycles. The van der Waals surface area contributed by atoms with Crippen LogP contribution in [0.25, 0.3) is 11.0 Å². The highest BCUT2D eigenvalue weighted by Gasteiger charge is 2.26. The Bertz CT molecular complexity index is 1510. The molecular weight excluding hydrogens is 610 g/mol. The average Bonchev–Trinajstić information content (AvgIpc) is 3.24. The fourth-order valence-electron chi connectivity index (χ4n) is 4.11. The summed E-state index contributed by atoms with van der Waals surface area (Å²) in [5, 5.41) is 10.7. The fourth-order valence-corrected chi connectivity index (χ4v) is 6.84. The highest BCUT2D eigenvalue weighted by molar-refractivity contribution is 9.11. The van der Waals surface area contributed by atoms with E-state index in [4.69, 9.17) is 4.42 Å². The van der Waals surface area contributed by atoms with Crippen molar-refractivity contribution in [2.75, 3.05) is 6.54 Å². The number of furan rings is 1. The van der Waals surface area contributed by atoms with Crippen LogP contribution in [-0.2, 0) is 23.0 Å². The molecule has 0 bridgehead atoms. The number of halogens is 2. The van der Waals surface area contributed by atoms with Crippen molar-refractivity contribution in [3.8, 4) is 5.75 Å². The molecule has 9 heteroatoms. The number of hydrogen-bond acceptors (Lipinski definition) is 5. The highest BCUT2D eigenvalue weighted by Crippen LogP contribution is 2.36. The van der Waals surface area contributed by atoms with E-state index in [1.807, 2.05) is 26.0 Å². The third-order valence-electron chi connectivity index (χ3n) is 5.87. The first-order valence-corrected chi connectivity index (χ1v) is 14.5. The minimum Gasteiger partial charge on any atom is -0.506 e. The molecule has 4 aromatic rings. The van der Waals surface area contributed by atoms with Gasteiger partial charge in [-0.1, -0.05) is 44.2 Å². The van der Waals surface area contributed by atoms with Crippen LogP contribution >= 0.6 is 31.9 Å². The second-order valence-electron chi connectivity index (χ2n) is 8.35. The number of nitrogens with zero attached hydrogens (tertiary/aromatic N) is 1. The second kappa shape index (κ2) is 10.9. The fraction of sp³-hybridized carbons (Fsp3) is 0.222. The number of phenolic OH excluding ortho intramolecular Hbond substituents is 1. The maximum absolute atomic E-state index is 13.5. The van der Waals surface area contributed by atoms with Gasteiger partial charge in [0.1, 0.15) is 17.1 Å². The Labute approximate surface area is 227 Å². The minimum absolute atomic E-state index is 0.0195. The molecule has 0 aliphatic rings. The van der Waals surface area contributed by atoms with Crippen molar-refractivity contribution in [3.05, 3.63) is 92.1 Å². The lowest BCUT2D eigenvalue weighted by molar-refractivity contribution is 0.103. The summed E-state index contributed by atoms with van der Waals surface area (Å²) in [4.78, 5) is 13.7. The van der Waals surface area contributed by atoms with Gasteiger partial charge < -0.3 is 9.52 Å². The van der Waals surface area contributed by atoms with Crippen molar-refractivity contribution in [2.45, 2.75) is 38.1 Å². The maximum Gasteiger partial charge on any atom is 0.243 e. The number of aryl methyl sites for hydroxylation is 1. The summed E-state index contributed by atoms with van der Waals surface area (Å²) < 4.78 is 34.8. The number of carbonyl (C=O) groups excluding carboxylic acids is 1. The van der Waals surface area contributed by atoms with Crippen molar-refractivity contribution in [1.29, 1.82) is 0 Å². The molecule has 0 atom stereocenters. The first-order chi connectivity index (χ1) is 17.2. The number of fused-ring (bicyclic) bond motifs is 1. The zero-order valence-electron chi connectivity index (χ0n) is 19.8. The normalized spacial score (nSPS) is 11.9. The topological polar surface area (TPSA) is 87.8 Å². The van der Waals surface area contributed by atoms with Crippen LogP contribution in [0.5, 0.6) is 5.75 Å². The Morgan fingerprint density at radius 3 is 2.28 bits per heavy atom. The number of carbonyl (C=O) groups is 1. The van der Waals surface area contributed by atoms with Gasteiger partial charge in [-0.3, -0.25) is 4.79 Å². The number of phenols is 1. The lowest BCUT2D eigenvalue weighted by Gasteiger charge is -2.21. The number of benzene rings is 3. The molecule has 1 N–H and O–H groups in total. The van der Waals surface area contributed by atoms with Crippen LogP contribution in [0.4, 0.5) is 0 Å². The van der Waals surface area contributed by atoms with Gasteiger partial charge in [-0.05, 0) is 74.2 Å². The zero-order valence-corrected chi connectivity index (χ0v) is 23.8. The zero-order chi connectivity index (χ0) is 26.0. The smallest absolute Gasteiger partial charge is 0.243 e. The van der Waals surface area contributed by atoms with E-state index in [1.165, 1.54) is 4.31 Å². The molecule has 4 rings (SSSR count). The molecule has 0 saturated carbocycles. The summed E-state index contributed by atoms with van der Waals surface area (Å²) in [6.07, 6.45) is 1.18. The Morgan fingerprint density at radius 2 is 1.67 bits per heavy atom. The van der Waals surface area contributed by atoms with E-state index in [1.54, 1.807) is 48.5 Å². The first kappa shape index (κ1) is 26.6. The second-order valence-corrected chi connectivity index (χ2v) is 12.0. The Hall–Kier alpha value is -2.46. The van der Waals surface area contributed by atoms with E-state index in [0.29, 0.717) is 56.2 Å². The van der Waals surface area contributed by atoms with E-state index >= 15 is 0 Å². The van der Waals surface area contributed by atoms with Gasteiger partial charge in [0.05, 0.1) is 19.4 Å². The van der Waals surface area contributed by atoms with Gasteiger partial charge in [0.2, 0.25) is 10.0 Å². The molecule has 188 valence electrons. The van der Waals surface area contributed by atoms with Crippen molar-refractivity contribution < 1.29 is 22.7 Å². The molecule has 0 fully saturated rings. The predicted molar refractivity (Wildman–Crippen MR) is 147 cm³/mol. The molecule has 1 heterocycles. The van der Waals surface area contributed by atoms with E-state index in [0.717, 1.165) is 5.56 Å². The molecule has 0 aliphatic carbocycles. The summed E-state index contributed by atoms with van der Waals surface area (Å²) in [5.74, 6) is 0.347. The number of aromatic hydroxyl groups is 1. The third-order valence-corrected chi connectivity index (χ3v) is 8.94. The van der Waals surface area contributed by atoms with Gasteiger partial charge in [-0.25, -0.2) is 8.42 Å². The van der Waals surface area contributed by atoms with E-state index in [-0.39, 0.29) is 23.0 Å². The van der Waals surface area contributed by atoms with Gasteiger partial charge in [0.15, 0.2) is 5.78 Å². The molecule has 6 nitrogen and oxygen atoms in total. The quantitative estimate of drug-likeness (QED) is 0.199. The van der Waals surface area contributed by atoms with E-state index < -0.39 is 10.0 Å². The van der Waals surface area contributed by atoms with Gasteiger partial charge in [-0.15, -0.1) is 0 Å². The number of sulfonamides is 1. The molecule has 0 saturated heterocycles. The Morgan fingerprint density at radius 1 is 1.00 bits per heavy atom. The van der Waals surface area contributed by atoms with Crippen LogP contribution in [0.1, 0.15) is 47.5 Å². The van der Waals surface area contributed by atoms with E-state index in [2.05, 4.69) is 31.9 Å². The van der Waals surface area contributed by atoms with Crippen LogP contribution in [0.3, 0.4) is 0 Å². The molecular formula is C27H25Br2NO5S. The third kappa shape index (κ3) is 5.16. The van der Waals surface area contributed by atoms with Gasteiger partial charge in [-0.2, -0.15) is 4.31 Å². The van der Waals surface area contributed by atoms with Crippen molar-refractivity contribution in [2.24, 2.45) is 0 Å². The number of hydrogen-bond donors (Lipinski definition) is 1. The number of ketones is 1. The average molecular weight is 635 g/mol. The lowest BCUT2D eigenvalue weighted by atomic mass is 9.98. The van der Waals surface area contributed by atoms with Crippen LogP contribution < -0.4 is 0 Å². The SMILES string of the molecule is CCCN(Cc1ccc2c(C(=O)c3cc(Br)c(O)c(Br)c3)c(CC)oc2c1)S(=O)(=O)c1ccccc1. The van der Waals surface area contributed by atoms with Crippen molar-refractivity contribution in [1.82, 2.24) is 4.31 Å². The largest absolute Gasteiger partial charge is 0.506 e. The van der Waals surface area contributed by atoms with Crippen LogP contribution in [-0.4, -0.2) is 30.2 Å². The lowest BCUT2D eigenvalue weighted by Crippen LogP contribution is -2.31. The van der Waals surface area contributed by atoms with Crippen molar-refractivity contribution >= 4 is 58.6 Å². The molecule has 0 radical (unpaired) electrons. The van der Waals surface area contributed by atoms with Crippen LogP contribution in [0.2, 0.25) is 0 Å². The monoisotopic (exact) mass is 633 g/mol. The summed E-state index contributed by atoms with van der Waals surface area (Å²) in [6.45, 7) is 4.41. The summed E-state index contributed by atoms with van der Waals surface area (Å²) in [5.41, 5.74) is 2.15. The molecule has 0 aliphatic heterocycles. The molecule has 1 aromatic heterocycles. The summed E-state index contributed by atoms with van der Waals surface area (Å²) in [6, 6.07) is 17.0. The van der Waals surface area contributed by atoms with Crippen LogP contribution in [0, 0.1) is 0 Å². The van der Waals surface area contributed by atoms with Gasteiger partial charge in [0.25, 0.3) is 0 Å². The highest BCUT2D eigenvalue weighted by atomic mass is 79.9. The molecule has 0 unspecified atom stereocenters. The van der Waals surface area contributed by atoms with Crippen LogP contribution in [0.15, 0.2) is 78.9 Å². The van der Waals surface area contributed by atoms with Gasteiger partial charge in [0, 0.05) is 30.5 Å². The Kier molecular flexibility index (Phi) is 8.04. The predicted octanol–water partition coefficient (Wildman–Crippen LogP) is 7.06. The maximum atomic E-state index is 13.5. The standard InChI is InChI=1S/C27H25Br2NO5S/c1-3-12-30(36(33,34)19-8-6-5-7-9-19)16-17-10-11-20-24(13-17)35-23(4-2)25(20)26(31)18-14-21(28)27(32)22(29)15-18/h5-11,13-15,32H,3-4,12,16H2,1-2H3. The molecule has 0 amide bonds.